The first-order chi connectivity index (χ1) is 65.5. The number of piperazine rings is 3. The quantitative estimate of drug-likeness (QED) is 0.0183. The number of nitriles is 3. The molecule has 7 aromatic carbocycles. The van der Waals surface area contributed by atoms with Crippen molar-refractivity contribution in [2.24, 2.45) is 11.5 Å². The number of benzene rings is 7. The van der Waals surface area contributed by atoms with Gasteiger partial charge in [-0.1, -0.05) is 74.4 Å². The van der Waals surface area contributed by atoms with Gasteiger partial charge in [0, 0.05) is 128 Å². The smallest absolute Gasteiger partial charge is 0.242 e. The van der Waals surface area contributed by atoms with Gasteiger partial charge in [-0.2, -0.15) is 15.8 Å². The minimum Gasteiger partial charge on any atom is -0.504 e. The van der Waals surface area contributed by atoms with Crippen LogP contribution in [0, 0.1) is 75.5 Å². The normalized spacial score (nSPS) is 24.8. The Labute approximate surface area is 808 Å². The van der Waals surface area contributed by atoms with Gasteiger partial charge in [-0.15, -0.1) is 23.2 Å². The van der Waals surface area contributed by atoms with E-state index >= 15 is 0 Å². The molecule has 19 rings (SSSR count). The van der Waals surface area contributed by atoms with Crippen molar-refractivity contribution in [2.45, 2.75) is 197 Å². The number of phenols is 3. The van der Waals surface area contributed by atoms with E-state index in [2.05, 4.69) is 114 Å². The number of para-hydroxylation sites is 1. The van der Waals surface area contributed by atoms with Crippen molar-refractivity contribution in [2.75, 3.05) is 113 Å². The molecule has 0 radical (unpaired) electrons. The number of anilines is 1. The summed E-state index contributed by atoms with van der Waals surface area (Å²) in [6.07, 6.45) is 8.47. The molecule has 2 amide bonds. The van der Waals surface area contributed by atoms with Gasteiger partial charge in [-0.25, -0.2) is 0 Å². The fraction of sp³-hybridized carbons (Fsp3) is 0.465. The van der Waals surface area contributed by atoms with Gasteiger partial charge in [0.2, 0.25) is 32.2 Å². The maximum Gasteiger partial charge on any atom is 0.242 e. The second kappa shape index (κ2) is 40.0. The van der Waals surface area contributed by atoms with Gasteiger partial charge in [0.25, 0.3) is 0 Å². The molecular weight excluding hydrogens is 1800 g/mol. The van der Waals surface area contributed by atoms with Gasteiger partial charge in [-0.3, -0.25) is 39.0 Å². The number of hydrogen-bond acceptors (Lipinski definition) is 29. The standard InChI is InChI=1S/C39H44N6O6S.C32H39N5O6.C29H34N4O5.CH2Cl2/c1-7-13-49-35-21(3)36-37(51-19-50-36)31-25(35)16-27-32-30-23(14-20(2)34(48-6)33(30)46)15-26(44(32)5)28(17-40)45(27)29(31)18-41-38(47)22(4)42-39(52)43-24-11-9-8-10-12-24;1-7-8-41-29-16(3)30-31(43-14-42-30)25-19(29)11-21-26-24-18(9-15(2)28(40-6)27(24)38)10-20(36(26)5)22(12-33)37(21)23(25)13-35-32(39)17(4)34;1-6-7-36-27-15(3)28-29(38-13-37-28)23-17(27)10-19-24-22-16(8-14(2)26(35-5)25(22)34)9-18(32(24)4)20(11-30)33(19)21(23)12-31;2-1-3/h7-12,14,22,26-29,32,46H,1,13,15-16,18-19H2,2-6H3,(H,41,47)(H2,42,43,52);7,9,17,20-23,26,38H,1,8,10-11,13-14,34H2,2-6H3,(H,35,39);6,8,18-21,24,34H,1,7,9-10,12-13,31H2,2-5H3;1H2/t22-,26+,27?,28?,29+,32+;17-,20-,21?,22?,23-,26-;18-,19?,20?,21-,24-;/m100./s1. The first-order valence-electron chi connectivity index (χ1n) is 45.7. The zero-order valence-electron chi connectivity index (χ0n) is 79.0. The molecule has 136 heavy (non-hydrogen) atoms. The number of nitrogens with zero attached hydrogens (tertiary/aromatic N) is 9. The minimum atomic E-state index is -0.702. The van der Waals surface area contributed by atoms with Crippen LogP contribution in [-0.4, -0.2) is 236 Å². The van der Waals surface area contributed by atoms with Crippen LogP contribution in [0.1, 0.15) is 150 Å². The maximum absolute atomic E-state index is 13.8. The summed E-state index contributed by atoms with van der Waals surface area (Å²) in [5.74, 6) is 7.10. The van der Waals surface area contributed by atoms with Crippen molar-refractivity contribution in [3.05, 3.63) is 187 Å². The fourth-order valence-corrected chi connectivity index (χ4v) is 24.1. The van der Waals surface area contributed by atoms with E-state index in [-0.39, 0.29) is 135 Å². The number of methoxy groups -OCH3 is 3. The summed E-state index contributed by atoms with van der Waals surface area (Å²) in [7, 11) is 10.8. The largest absolute Gasteiger partial charge is 0.504 e. The number of fused-ring (bicyclic) bond motifs is 27. The highest BCUT2D eigenvalue weighted by atomic mass is 35.5. The highest BCUT2D eigenvalue weighted by Crippen LogP contribution is 2.64. The summed E-state index contributed by atoms with van der Waals surface area (Å²) in [4.78, 5) is 40.0. The Kier molecular flexibility index (Phi) is 28.6. The maximum atomic E-state index is 13.8. The van der Waals surface area contributed by atoms with Crippen molar-refractivity contribution >= 4 is 58.0 Å². The van der Waals surface area contributed by atoms with Crippen LogP contribution >= 0.6 is 35.4 Å². The van der Waals surface area contributed by atoms with Gasteiger partial charge in [-0.05, 0) is 173 Å². The molecule has 12 aliphatic heterocycles. The van der Waals surface area contributed by atoms with Crippen molar-refractivity contribution in [1.29, 1.82) is 15.8 Å². The number of carbonyl (C=O) groups is 2. The Balaban J connectivity index is 0.000000147. The van der Waals surface area contributed by atoms with Crippen LogP contribution in [0.4, 0.5) is 5.69 Å². The van der Waals surface area contributed by atoms with Crippen LogP contribution in [0.3, 0.4) is 0 Å². The van der Waals surface area contributed by atoms with Crippen molar-refractivity contribution in [3.8, 4) is 104 Å². The fourth-order valence-electron chi connectivity index (χ4n) is 23.8. The van der Waals surface area contributed by atoms with Crippen molar-refractivity contribution < 1.29 is 81.8 Å². The molecule has 11 N–H and O–H groups in total. The van der Waals surface area contributed by atoms with E-state index < -0.39 is 42.3 Å². The molecule has 720 valence electrons. The first-order valence-corrected chi connectivity index (χ1v) is 47.2. The summed E-state index contributed by atoms with van der Waals surface area (Å²) < 4.78 is 72.0. The molecule has 6 unspecified atom stereocenters. The number of carbonyl (C=O) groups excluding carboxylic acids is 2. The summed E-state index contributed by atoms with van der Waals surface area (Å²) in [5, 5.41) is 80.0. The Morgan fingerprint density at radius 3 is 1.13 bits per heavy atom. The van der Waals surface area contributed by atoms with Gasteiger partial charge >= 0.3 is 0 Å². The molecule has 0 saturated carbocycles. The number of ether oxygens (including phenoxy) is 12. The molecule has 7 aromatic rings. The second-order valence-electron chi connectivity index (χ2n) is 36.3. The third-order valence-electron chi connectivity index (χ3n) is 29.2. The number of aryl methyl sites for hydroxylation is 3. The van der Waals surface area contributed by atoms with Crippen molar-refractivity contribution in [3.63, 3.8) is 0 Å². The lowest BCUT2D eigenvalue weighted by atomic mass is 9.71. The van der Waals surface area contributed by atoms with E-state index in [0.717, 1.165) is 112 Å². The molecule has 0 aliphatic carbocycles. The number of halogens is 2. The third kappa shape index (κ3) is 16.4. The zero-order valence-corrected chi connectivity index (χ0v) is 81.3. The lowest BCUT2D eigenvalue weighted by molar-refractivity contribution is -0.124. The molecule has 3 fully saturated rings. The summed E-state index contributed by atoms with van der Waals surface area (Å²) in [6.45, 7) is 28.4. The number of likely N-dealkylation sites (N-methyl/N-ethyl adjacent to an activating group) is 3. The molecule has 32 nitrogen and oxygen atoms in total. The highest BCUT2D eigenvalue weighted by molar-refractivity contribution is 7.80. The lowest BCUT2D eigenvalue weighted by Gasteiger charge is -2.60. The summed E-state index contributed by atoms with van der Waals surface area (Å²) >= 11 is 15.0. The number of alkyl halides is 2. The van der Waals surface area contributed by atoms with E-state index in [1.807, 2.05) is 86.0 Å². The molecule has 35 heteroatoms. The van der Waals surface area contributed by atoms with E-state index in [1.54, 1.807) is 53.4 Å². The number of nitrogens with two attached hydrogens (primary N) is 2. The number of nitrogens with one attached hydrogen (secondary N) is 4. The van der Waals surface area contributed by atoms with Crippen LogP contribution in [0.25, 0.3) is 0 Å². The van der Waals surface area contributed by atoms with E-state index in [1.165, 1.54) is 0 Å². The number of aromatic hydroxyl groups is 3. The lowest BCUT2D eigenvalue weighted by Crippen LogP contribution is -2.69. The molecule has 3 saturated heterocycles. The topological polar surface area (TPSA) is 397 Å². The van der Waals surface area contributed by atoms with Crippen LogP contribution < -0.4 is 89.6 Å². The Morgan fingerprint density at radius 1 is 0.507 bits per heavy atom. The number of thiocarbonyl (C=S) groups is 1. The van der Waals surface area contributed by atoms with Gasteiger partial charge in [0.1, 0.15) is 61.2 Å². The average Bonchev–Trinajstić information content (AvgIpc) is 0.828. The molecular formula is C101H119Cl2N15O17S. The molecule has 12 aliphatic rings. The minimum absolute atomic E-state index is 0.0406. The van der Waals surface area contributed by atoms with Gasteiger partial charge in [0.15, 0.2) is 74.1 Å². The Bertz CT molecular complexity index is 6030. The summed E-state index contributed by atoms with van der Waals surface area (Å²) in [5.41, 5.74) is 29.3. The molecule has 6 bridgehead atoms. The summed E-state index contributed by atoms with van der Waals surface area (Å²) in [6, 6.07) is 17.6. The predicted octanol–water partition coefficient (Wildman–Crippen LogP) is 11.6. The van der Waals surface area contributed by atoms with Crippen LogP contribution in [-0.2, 0) is 48.1 Å². The second-order valence-corrected chi connectivity index (χ2v) is 37.6. The monoisotopic (exact) mass is 1920 g/mol. The van der Waals surface area contributed by atoms with E-state index in [0.29, 0.717) is 127 Å². The van der Waals surface area contributed by atoms with Crippen molar-refractivity contribution in [1.82, 2.24) is 45.3 Å². The average molecular weight is 1920 g/mol. The molecule has 0 spiro atoms. The SMILES string of the molecule is C=CCOc1c(C)c2c(c3c1CC1[C@H]4c5c(cc(C)c(OC)c5O)C[C@@H](C(C#N)N1[C@H]3CN)N4C)OCO2.C=CCOc1c(C)c2c(c3c1CC1[C@H]4c5c(cc(C)c(OC)c5O)C[C@@H](C(C#N)N1[C@H]3CNC(=O)[C@@H](C)NC(=S)Nc1ccccc1)N4C)OCO2.C=CCOc1c(C)c2c(c3c1CC1[C@H]4c5c(cc(C)c(OC)c5O)C[C@@H](C(C#N)N1[C@H]3CNC(=O)[C@H](C)N)N4C)OCO2.ClCCl. The van der Waals surface area contributed by atoms with Crippen LogP contribution in [0.15, 0.2) is 86.5 Å². The first kappa shape index (κ1) is 97.2. The molecule has 17 atom stereocenters. The zero-order chi connectivity index (χ0) is 97.2. The molecule has 12 heterocycles. The van der Waals surface area contributed by atoms with Gasteiger partial charge in [0.05, 0.1) is 87.2 Å². The highest BCUT2D eigenvalue weighted by Gasteiger charge is 2.61. The van der Waals surface area contributed by atoms with E-state index in [4.69, 9.17) is 104 Å². The van der Waals surface area contributed by atoms with Crippen LogP contribution in [0.2, 0.25) is 0 Å². The third-order valence-corrected chi connectivity index (χ3v) is 29.4. The predicted molar refractivity (Wildman–Crippen MR) is 516 cm³/mol. The number of hydrogen-bond donors (Lipinski definition) is 9. The van der Waals surface area contributed by atoms with Gasteiger partial charge < -0.3 is 105 Å². The molecule has 0 aromatic heterocycles. The number of rotatable bonds is 21. The Morgan fingerprint density at radius 2 is 0.824 bits per heavy atom. The number of amides is 2. The number of phenolic OH excluding ortho intramolecular Hbond substituents is 3. The van der Waals surface area contributed by atoms with E-state index in [9.17, 15) is 40.7 Å². The van der Waals surface area contributed by atoms with Crippen LogP contribution in [0.5, 0.6) is 86.2 Å². The Hall–Kier alpha value is -11.9.